The number of rotatable bonds is 2. The van der Waals surface area contributed by atoms with Crippen LogP contribution in [0.2, 0.25) is 0 Å². The molecule has 0 heterocycles. The molecular weight excluding hydrogens is 184 g/mol. The van der Waals surface area contributed by atoms with E-state index in [4.69, 9.17) is 5.84 Å². The Balaban J connectivity index is 2.18. The molecule has 0 radical (unpaired) electrons. The number of hydrazine groups is 2. The third-order valence-electron chi connectivity index (χ3n) is 2.33. The van der Waals surface area contributed by atoms with Crippen LogP contribution in [0.5, 0.6) is 0 Å². The van der Waals surface area contributed by atoms with Crippen molar-refractivity contribution < 1.29 is 9.59 Å². The van der Waals surface area contributed by atoms with E-state index < -0.39 is 11.8 Å². The van der Waals surface area contributed by atoms with Gasteiger partial charge in [0.25, 0.3) is 0 Å². The first-order valence-corrected chi connectivity index (χ1v) is 4.80. The summed E-state index contributed by atoms with van der Waals surface area (Å²) in [5, 5.41) is 0. The van der Waals surface area contributed by atoms with Gasteiger partial charge in [0.05, 0.1) is 0 Å². The first-order valence-electron chi connectivity index (χ1n) is 4.80. The molecule has 80 valence electrons. The molecule has 0 aromatic heterocycles. The summed E-state index contributed by atoms with van der Waals surface area (Å²) >= 11 is 0. The maximum Gasteiger partial charge on any atom is 0.324 e. The zero-order valence-electron chi connectivity index (χ0n) is 8.01. The van der Waals surface area contributed by atoms with Crippen molar-refractivity contribution in [3.8, 4) is 0 Å². The van der Waals surface area contributed by atoms with Crippen molar-refractivity contribution in [1.82, 2.24) is 16.3 Å². The number of carbonyl (C=O) groups excluding carboxylic acids is 2. The van der Waals surface area contributed by atoms with Crippen LogP contribution in [0.1, 0.15) is 32.1 Å². The Bertz CT molecular complexity index is 213. The smallest absolute Gasteiger partial charge is 0.286 e. The zero-order valence-corrected chi connectivity index (χ0v) is 8.01. The van der Waals surface area contributed by atoms with E-state index in [1.165, 1.54) is 6.42 Å². The molecule has 0 aromatic rings. The van der Waals surface area contributed by atoms with E-state index in [1.54, 1.807) is 5.43 Å². The summed E-state index contributed by atoms with van der Waals surface area (Å²) in [5.41, 5.74) is 6.90. The first-order chi connectivity index (χ1) is 6.74. The number of hydrogen-bond acceptors (Lipinski definition) is 4. The second kappa shape index (κ2) is 5.56. The number of carbonyl (C=O) groups is 2. The van der Waals surface area contributed by atoms with Gasteiger partial charge in [-0.25, -0.2) is 11.3 Å². The van der Waals surface area contributed by atoms with Crippen molar-refractivity contribution in [3.05, 3.63) is 0 Å². The molecule has 0 aliphatic heterocycles. The van der Waals surface area contributed by atoms with Crippen molar-refractivity contribution in [1.29, 1.82) is 0 Å². The summed E-state index contributed by atoms with van der Waals surface area (Å²) < 4.78 is 0. The van der Waals surface area contributed by atoms with E-state index in [2.05, 4.69) is 10.9 Å². The van der Waals surface area contributed by atoms with Crippen molar-refractivity contribution in [2.24, 2.45) is 5.84 Å². The highest BCUT2D eigenvalue weighted by molar-refractivity contribution is 6.34. The van der Waals surface area contributed by atoms with Gasteiger partial charge in [0.2, 0.25) is 0 Å². The van der Waals surface area contributed by atoms with Crippen LogP contribution >= 0.6 is 0 Å². The molecule has 1 aliphatic carbocycles. The van der Waals surface area contributed by atoms with Gasteiger partial charge in [-0.15, -0.1) is 0 Å². The number of nitrogens with two attached hydrogens (primary N) is 1. The number of nitrogens with one attached hydrogen (secondary N) is 3. The summed E-state index contributed by atoms with van der Waals surface area (Å²) in [6.45, 7) is 0. The minimum atomic E-state index is -0.840. The lowest BCUT2D eigenvalue weighted by molar-refractivity contribution is -0.140. The monoisotopic (exact) mass is 200 g/mol. The molecule has 1 fully saturated rings. The lowest BCUT2D eigenvalue weighted by Crippen LogP contribution is -2.51. The van der Waals surface area contributed by atoms with Gasteiger partial charge in [0, 0.05) is 6.04 Å². The minimum absolute atomic E-state index is 0.276. The van der Waals surface area contributed by atoms with Gasteiger partial charge in [-0.2, -0.15) is 0 Å². The van der Waals surface area contributed by atoms with E-state index in [9.17, 15) is 9.59 Å². The SMILES string of the molecule is NNC(=O)C(=O)NNC1CCCCC1. The van der Waals surface area contributed by atoms with Crippen molar-refractivity contribution >= 4 is 11.8 Å². The maximum absolute atomic E-state index is 11.0. The number of amides is 2. The fourth-order valence-electron chi connectivity index (χ4n) is 1.54. The zero-order chi connectivity index (χ0) is 10.4. The van der Waals surface area contributed by atoms with Gasteiger partial charge in [0.15, 0.2) is 0 Å². The number of hydrogen-bond donors (Lipinski definition) is 4. The molecule has 0 spiro atoms. The summed E-state index contributed by atoms with van der Waals surface area (Å²) in [6, 6.07) is 0.276. The second-order valence-corrected chi connectivity index (χ2v) is 3.41. The second-order valence-electron chi connectivity index (χ2n) is 3.41. The minimum Gasteiger partial charge on any atom is -0.286 e. The van der Waals surface area contributed by atoms with E-state index in [-0.39, 0.29) is 6.04 Å². The fourth-order valence-corrected chi connectivity index (χ4v) is 1.54. The van der Waals surface area contributed by atoms with E-state index in [0.29, 0.717) is 0 Å². The van der Waals surface area contributed by atoms with Crippen molar-refractivity contribution in [2.75, 3.05) is 0 Å². The van der Waals surface area contributed by atoms with Crippen LogP contribution in [0.4, 0.5) is 0 Å². The molecule has 0 atom stereocenters. The first kappa shape index (κ1) is 10.9. The molecule has 0 aromatic carbocycles. The van der Waals surface area contributed by atoms with Crippen LogP contribution in [-0.2, 0) is 9.59 Å². The third kappa shape index (κ3) is 3.31. The summed E-state index contributed by atoms with van der Waals surface area (Å²) in [6.07, 6.45) is 5.64. The molecule has 0 saturated heterocycles. The molecular formula is C8H16N4O2. The fraction of sp³-hybridized carbons (Fsp3) is 0.750. The summed E-state index contributed by atoms with van der Waals surface area (Å²) in [4.78, 5) is 21.6. The molecule has 0 unspecified atom stereocenters. The van der Waals surface area contributed by atoms with Crippen LogP contribution in [0.15, 0.2) is 0 Å². The highest BCUT2D eigenvalue weighted by atomic mass is 16.2. The van der Waals surface area contributed by atoms with E-state index in [0.717, 1.165) is 25.7 Å². The quantitative estimate of drug-likeness (QED) is 0.197. The lowest BCUT2D eigenvalue weighted by atomic mass is 9.96. The standard InChI is InChI=1S/C8H16N4O2/c9-10-7(13)8(14)12-11-6-4-2-1-3-5-6/h6,11H,1-5,9H2,(H,10,13)(H,12,14). The topological polar surface area (TPSA) is 96.2 Å². The van der Waals surface area contributed by atoms with Crippen molar-refractivity contribution in [2.45, 2.75) is 38.1 Å². The van der Waals surface area contributed by atoms with Gasteiger partial charge in [0.1, 0.15) is 0 Å². The van der Waals surface area contributed by atoms with Gasteiger partial charge < -0.3 is 0 Å². The van der Waals surface area contributed by atoms with Crippen LogP contribution in [0, 0.1) is 0 Å². The Hall–Kier alpha value is -1.14. The van der Waals surface area contributed by atoms with Crippen LogP contribution in [-0.4, -0.2) is 17.9 Å². The summed E-state index contributed by atoms with van der Waals surface area (Å²) in [7, 11) is 0. The van der Waals surface area contributed by atoms with E-state index in [1.807, 2.05) is 0 Å². The average Bonchev–Trinajstić information content (AvgIpc) is 2.26. The Morgan fingerprint density at radius 3 is 2.29 bits per heavy atom. The normalized spacial score (nSPS) is 17.5. The van der Waals surface area contributed by atoms with Crippen molar-refractivity contribution in [3.63, 3.8) is 0 Å². The molecule has 5 N–H and O–H groups in total. The molecule has 1 rings (SSSR count). The third-order valence-corrected chi connectivity index (χ3v) is 2.33. The summed E-state index contributed by atoms with van der Waals surface area (Å²) in [5.74, 6) is 3.20. The van der Waals surface area contributed by atoms with Gasteiger partial charge in [-0.3, -0.25) is 20.4 Å². The predicted molar refractivity (Wildman–Crippen MR) is 50.5 cm³/mol. The molecule has 1 aliphatic rings. The van der Waals surface area contributed by atoms with Crippen LogP contribution < -0.4 is 22.1 Å². The highest BCUT2D eigenvalue weighted by Crippen LogP contribution is 2.16. The highest BCUT2D eigenvalue weighted by Gasteiger charge is 2.16. The Kier molecular flexibility index (Phi) is 4.34. The Labute approximate surface area is 82.5 Å². The molecule has 1 saturated carbocycles. The molecule has 2 amide bonds. The van der Waals surface area contributed by atoms with Gasteiger partial charge in [-0.05, 0) is 12.8 Å². The van der Waals surface area contributed by atoms with Gasteiger partial charge >= 0.3 is 11.8 Å². The Morgan fingerprint density at radius 1 is 1.07 bits per heavy atom. The average molecular weight is 200 g/mol. The van der Waals surface area contributed by atoms with Crippen LogP contribution in [0.3, 0.4) is 0 Å². The molecule has 14 heavy (non-hydrogen) atoms. The lowest BCUT2D eigenvalue weighted by Gasteiger charge is -2.22. The maximum atomic E-state index is 11.0. The van der Waals surface area contributed by atoms with Gasteiger partial charge in [-0.1, -0.05) is 19.3 Å². The molecule has 6 heteroatoms. The van der Waals surface area contributed by atoms with E-state index >= 15 is 0 Å². The molecule has 0 bridgehead atoms. The van der Waals surface area contributed by atoms with Crippen LogP contribution in [0.25, 0.3) is 0 Å². The Morgan fingerprint density at radius 2 is 1.71 bits per heavy atom. The predicted octanol–water partition coefficient (Wildman–Crippen LogP) is -1.07. The molecule has 6 nitrogen and oxygen atoms in total. The largest absolute Gasteiger partial charge is 0.324 e.